The Morgan fingerprint density at radius 3 is 2.71 bits per heavy atom. The third-order valence-corrected chi connectivity index (χ3v) is 5.27. The number of benzene rings is 1. The van der Waals surface area contributed by atoms with Gasteiger partial charge in [-0.05, 0) is 30.9 Å². The lowest BCUT2D eigenvalue weighted by atomic mass is 9.88. The van der Waals surface area contributed by atoms with E-state index in [2.05, 4.69) is 42.3 Å². The Balaban J connectivity index is 1.89. The Bertz CT molecular complexity index is 480. The lowest BCUT2D eigenvalue weighted by Gasteiger charge is -2.49. The monoisotopic (exact) mass is 288 g/mol. The highest BCUT2D eigenvalue weighted by atomic mass is 16.5. The van der Waals surface area contributed by atoms with E-state index in [1.165, 1.54) is 31.4 Å². The topological polar surface area (TPSA) is 24.5 Å². The van der Waals surface area contributed by atoms with Crippen LogP contribution >= 0.6 is 0 Å². The molecule has 21 heavy (non-hydrogen) atoms. The maximum Gasteiger partial charge on any atom is 0.120 e. The summed E-state index contributed by atoms with van der Waals surface area (Å²) in [5.74, 6) is 1.59. The van der Waals surface area contributed by atoms with Crippen molar-refractivity contribution in [3.63, 3.8) is 0 Å². The minimum absolute atomic E-state index is 0.342. The molecule has 1 aromatic carbocycles. The van der Waals surface area contributed by atoms with Crippen LogP contribution in [0.25, 0.3) is 0 Å². The summed E-state index contributed by atoms with van der Waals surface area (Å²) in [6.45, 7) is 6.87. The van der Waals surface area contributed by atoms with Crippen molar-refractivity contribution in [2.75, 3.05) is 25.1 Å². The summed E-state index contributed by atoms with van der Waals surface area (Å²) in [4.78, 5) is 2.62. The van der Waals surface area contributed by atoms with Crippen molar-refractivity contribution in [1.29, 1.82) is 0 Å². The van der Waals surface area contributed by atoms with E-state index in [0.29, 0.717) is 17.5 Å². The molecule has 1 spiro atoms. The average molecular weight is 288 g/mol. The number of anilines is 1. The van der Waals surface area contributed by atoms with E-state index in [0.717, 1.165) is 18.8 Å². The Labute approximate surface area is 128 Å². The number of ether oxygens (including phenoxy) is 1. The molecule has 2 aliphatic rings. The smallest absolute Gasteiger partial charge is 0.120 e. The first-order valence-electron chi connectivity index (χ1n) is 8.29. The van der Waals surface area contributed by atoms with E-state index >= 15 is 0 Å². The molecule has 1 N–H and O–H groups in total. The lowest BCUT2D eigenvalue weighted by molar-refractivity contribution is 0.245. The van der Waals surface area contributed by atoms with E-state index in [1.807, 2.05) is 6.07 Å². The molecule has 0 amide bonds. The third kappa shape index (κ3) is 2.89. The highest BCUT2D eigenvalue weighted by Gasteiger charge is 2.41. The second kappa shape index (κ2) is 5.88. The molecular formula is C18H28N2O. The van der Waals surface area contributed by atoms with Crippen LogP contribution in [0, 0.1) is 5.92 Å². The number of rotatable bonds is 3. The number of nitrogens with zero attached hydrogens (tertiary/aromatic N) is 1. The minimum atomic E-state index is 0.342. The predicted molar refractivity (Wildman–Crippen MR) is 88.2 cm³/mol. The number of nitrogens with one attached hydrogen (secondary N) is 1. The number of methoxy groups -OCH3 is 1. The van der Waals surface area contributed by atoms with Gasteiger partial charge in [-0.2, -0.15) is 0 Å². The van der Waals surface area contributed by atoms with Gasteiger partial charge in [0.15, 0.2) is 0 Å². The predicted octanol–water partition coefficient (Wildman–Crippen LogP) is 3.44. The van der Waals surface area contributed by atoms with Crippen LogP contribution in [-0.2, 0) is 0 Å². The summed E-state index contributed by atoms with van der Waals surface area (Å²) in [7, 11) is 1.75. The van der Waals surface area contributed by atoms with Crippen LogP contribution in [-0.4, -0.2) is 31.8 Å². The summed E-state index contributed by atoms with van der Waals surface area (Å²) >= 11 is 0. The standard InChI is InChI=1S/C18H28N2O/c1-14(2)17-12-19-18(9-4-5-10-18)13-20(17)15-7-6-8-16(11-15)21-3/h6-8,11,14,17,19H,4-5,9-10,12-13H2,1-3H3. The summed E-state index contributed by atoms with van der Waals surface area (Å²) in [6.07, 6.45) is 5.37. The third-order valence-electron chi connectivity index (χ3n) is 5.27. The zero-order chi connectivity index (χ0) is 14.9. The molecule has 0 radical (unpaired) electrons. The zero-order valence-electron chi connectivity index (χ0n) is 13.6. The Kier molecular flexibility index (Phi) is 4.12. The van der Waals surface area contributed by atoms with Crippen molar-refractivity contribution in [3.8, 4) is 5.75 Å². The molecule has 2 fully saturated rings. The van der Waals surface area contributed by atoms with Crippen LogP contribution in [0.4, 0.5) is 5.69 Å². The van der Waals surface area contributed by atoms with E-state index in [4.69, 9.17) is 4.74 Å². The summed E-state index contributed by atoms with van der Waals surface area (Å²) in [5, 5.41) is 3.88. The number of hydrogen-bond donors (Lipinski definition) is 1. The normalized spacial score (nSPS) is 24.8. The van der Waals surface area contributed by atoms with Crippen LogP contribution in [0.1, 0.15) is 39.5 Å². The summed E-state index contributed by atoms with van der Waals surface area (Å²) in [5.41, 5.74) is 1.65. The van der Waals surface area contributed by atoms with Crippen molar-refractivity contribution >= 4 is 5.69 Å². The van der Waals surface area contributed by atoms with Gasteiger partial charge in [-0.1, -0.05) is 32.8 Å². The Hall–Kier alpha value is -1.22. The van der Waals surface area contributed by atoms with Gasteiger partial charge in [0.25, 0.3) is 0 Å². The number of piperazine rings is 1. The highest BCUT2D eigenvalue weighted by molar-refractivity contribution is 5.53. The quantitative estimate of drug-likeness (QED) is 0.922. The molecule has 1 aliphatic carbocycles. The van der Waals surface area contributed by atoms with Crippen molar-refractivity contribution in [2.24, 2.45) is 5.92 Å². The van der Waals surface area contributed by atoms with Gasteiger partial charge in [0.05, 0.1) is 7.11 Å². The van der Waals surface area contributed by atoms with Gasteiger partial charge >= 0.3 is 0 Å². The Morgan fingerprint density at radius 1 is 1.29 bits per heavy atom. The molecule has 1 heterocycles. The van der Waals surface area contributed by atoms with E-state index in [1.54, 1.807) is 7.11 Å². The summed E-state index contributed by atoms with van der Waals surface area (Å²) < 4.78 is 5.42. The zero-order valence-corrected chi connectivity index (χ0v) is 13.6. The SMILES string of the molecule is COc1cccc(N2CC3(CCCC3)NCC2C(C)C)c1. The van der Waals surface area contributed by atoms with Gasteiger partial charge in [-0.25, -0.2) is 0 Å². The molecule has 1 aliphatic heterocycles. The minimum Gasteiger partial charge on any atom is -0.497 e. The van der Waals surface area contributed by atoms with Crippen LogP contribution in [0.2, 0.25) is 0 Å². The van der Waals surface area contributed by atoms with Crippen LogP contribution in [0.3, 0.4) is 0 Å². The lowest BCUT2D eigenvalue weighted by Crippen LogP contribution is -2.64. The Morgan fingerprint density at radius 2 is 2.05 bits per heavy atom. The first-order chi connectivity index (χ1) is 10.1. The molecule has 1 atom stereocenters. The molecule has 3 rings (SSSR count). The van der Waals surface area contributed by atoms with Crippen molar-refractivity contribution in [3.05, 3.63) is 24.3 Å². The van der Waals surface area contributed by atoms with Gasteiger partial charge in [0.2, 0.25) is 0 Å². The van der Waals surface area contributed by atoms with Gasteiger partial charge in [-0.15, -0.1) is 0 Å². The maximum absolute atomic E-state index is 5.42. The maximum atomic E-state index is 5.42. The molecule has 0 bridgehead atoms. The second-order valence-electron chi connectivity index (χ2n) is 7.01. The fraction of sp³-hybridized carbons (Fsp3) is 0.667. The van der Waals surface area contributed by atoms with Crippen molar-refractivity contribution < 1.29 is 4.74 Å². The fourth-order valence-corrected chi connectivity index (χ4v) is 3.98. The molecule has 116 valence electrons. The number of hydrogen-bond acceptors (Lipinski definition) is 3. The van der Waals surface area contributed by atoms with E-state index in [-0.39, 0.29) is 0 Å². The first kappa shape index (κ1) is 14.7. The van der Waals surface area contributed by atoms with Gasteiger partial charge in [-0.3, -0.25) is 0 Å². The van der Waals surface area contributed by atoms with Crippen LogP contribution in [0.15, 0.2) is 24.3 Å². The largest absolute Gasteiger partial charge is 0.497 e. The first-order valence-corrected chi connectivity index (χ1v) is 8.29. The average Bonchev–Trinajstić information content (AvgIpc) is 2.95. The molecule has 0 aromatic heterocycles. The fourth-order valence-electron chi connectivity index (χ4n) is 3.98. The molecule has 3 nitrogen and oxygen atoms in total. The van der Waals surface area contributed by atoms with Crippen LogP contribution < -0.4 is 15.0 Å². The summed E-state index contributed by atoms with van der Waals surface area (Å²) in [6, 6.07) is 9.11. The molecule has 3 heteroatoms. The van der Waals surface area contributed by atoms with E-state index in [9.17, 15) is 0 Å². The molecule has 1 saturated carbocycles. The molecule has 1 aromatic rings. The van der Waals surface area contributed by atoms with Crippen LogP contribution in [0.5, 0.6) is 5.75 Å². The van der Waals surface area contributed by atoms with Gasteiger partial charge in [0.1, 0.15) is 5.75 Å². The van der Waals surface area contributed by atoms with E-state index < -0.39 is 0 Å². The van der Waals surface area contributed by atoms with Crippen molar-refractivity contribution in [1.82, 2.24) is 5.32 Å². The molecule has 1 unspecified atom stereocenters. The van der Waals surface area contributed by atoms with Gasteiger partial charge < -0.3 is 15.0 Å². The highest BCUT2D eigenvalue weighted by Crippen LogP contribution is 2.37. The molecular weight excluding hydrogens is 260 g/mol. The van der Waals surface area contributed by atoms with Crippen molar-refractivity contribution in [2.45, 2.75) is 51.1 Å². The van der Waals surface area contributed by atoms with Gasteiger partial charge in [0, 0.05) is 36.4 Å². The molecule has 1 saturated heterocycles. The second-order valence-corrected chi connectivity index (χ2v) is 7.01.